The van der Waals surface area contributed by atoms with E-state index in [1.54, 1.807) is 43.6 Å². The predicted octanol–water partition coefficient (Wildman–Crippen LogP) is 4.64. The van der Waals surface area contributed by atoms with E-state index in [9.17, 15) is 9.59 Å². The van der Waals surface area contributed by atoms with Crippen molar-refractivity contribution in [3.8, 4) is 5.75 Å². The molecule has 0 radical (unpaired) electrons. The third-order valence-corrected chi connectivity index (χ3v) is 4.85. The number of fused-ring (bicyclic) bond motifs is 1. The molecule has 0 fully saturated rings. The van der Waals surface area contributed by atoms with Gasteiger partial charge in [-0.3, -0.25) is 9.59 Å². The van der Waals surface area contributed by atoms with Gasteiger partial charge >= 0.3 is 0 Å². The Balaban J connectivity index is 1.74. The number of nitrogens with one attached hydrogen (secondary N) is 1. The first-order valence-corrected chi connectivity index (χ1v) is 9.24. The Labute approximate surface area is 169 Å². The van der Waals surface area contributed by atoms with E-state index in [-0.39, 0.29) is 11.8 Å². The lowest BCUT2D eigenvalue weighted by atomic mass is 9.93. The van der Waals surface area contributed by atoms with Crippen molar-refractivity contribution in [1.82, 2.24) is 0 Å². The summed E-state index contributed by atoms with van der Waals surface area (Å²) in [5.74, 6) is 0.0630. The molecule has 0 saturated heterocycles. The van der Waals surface area contributed by atoms with Crippen LogP contribution in [0, 0.1) is 6.92 Å². The Bertz CT molecular complexity index is 1100. The topological polar surface area (TPSA) is 58.6 Å². The fraction of sp³-hybridized carbons (Fsp3) is 0.0833. The van der Waals surface area contributed by atoms with Crippen LogP contribution in [-0.2, 0) is 4.79 Å². The van der Waals surface area contributed by atoms with Crippen LogP contribution in [0.3, 0.4) is 0 Å². The molecule has 1 N–H and O–H groups in total. The first-order chi connectivity index (χ1) is 14.1. The maximum absolute atomic E-state index is 13.3. The molecule has 0 bridgehead atoms. The van der Waals surface area contributed by atoms with Crippen LogP contribution in [0.2, 0.25) is 0 Å². The van der Waals surface area contributed by atoms with Crippen LogP contribution in [0.25, 0.3) is 5.57 Å². The van der Waals surface area contributed by atoms with Crippen LogP contribution in [0.15, 0.2) is 79.0 Å². The second kappa shape index (κ2) is 7.64. The molecule has 1 aliphatic rings. The van der Waals surface area contributed by atoms with Crippen LogP contribution >= 0.6 is 0 Å². The van der Waals surface area contributed by atoms with Gasteiger partial charge in [-0.15, -0.1) is 0 Å². The van der Waals surface area contributed by atoms with Crippen molar-refractivity contribution in [1.29, 1.82) is 0 Å². The number of amides is 2. The maximum atomic E-state index is 13.3. The average Bonchev–Trinajstić information content (AvgIpc) is 2.75. The number of aryl methyl sites for hydroxylation is 1. The number of anilines is 2. The van der Waals surface area contributed by atoms with Crippen molar-refractivity contribution in [2.24, 2.45) is 0 Å². The van der Waals surface area contributed by atoms with E-state index in [0.29, 0.717) is 22.4 Å². The zero-order chi connectivity index (χ0) is 20.4. The Morgan fingerprint density at radius 2 is 1.48 bits per heavy atom. The van der Waals surface area contributed by atoms with Crippen molar-refractivity contribution < 1.29 is 14.3 Å². The lowest BCUT2D eigenvalue weighted by molar-refractivity contribution is -0.112. The van der Waals surface area contributed by atoms with E-state index in [4.69, 9.17) is 4.74 Å². The number of hydrogen-bond acceptors (Lipinski definition) is 4. The van der Waals surface area contributed by atoms with E-state index < -0.39 is 0 Å². The molecule has 0 aromatic heterocycles. The van der Waals surface area contributed by atoms with E-state index in [1.165, 1.54) is 4.90 Å². The summed E-state index contributed by atoms with van der Waals surface area (Å²) in [6.07, 6.45) is 1.65. The second-order valence-corrected chi connectivity index (χ2v) is 6.76. The van der Waals surface area contributed by atoms with Crippen LogP contribution in [0.5, 0.6) is 5.75 Å². The Kier molecular flexibility index (Phi) is 4.87. The van der Waals surface area contributed by atoms with Gasteiger partial charge in [0.25, 0.3) is 11.8 Å². The second-order valence-electron chi connectivity index (χ2n) is 6.76. The first kappa shape index (κ1) is 18.5. The summed E-state index contributed by atoms with van der Waals surface area (Å²) in [6, 6.07) is 21.9. The molecule has 1 heterocycles. The maximum Gasteiger partial charge on any atom is 0.267 e. The summed E-state index contributed by atoms with van der Waals surface area (Å²) >= 11 is 0. The fourth-order valence-corrected chi connectivity index (χ4v) is 3.26. The minimum Gasteiger partial charge on any atom is -0.497 e. The zero-order valence-corrected chi connectivity index (χ0v) is 16.2. The molecule has 3 aromatic rings. The summed E-state index contributed by atoms with van der Waals surface area (Å²) in [5.41, 5.74) is 3.96. The lowest BCUT2D eigenvalue weighted by Crippen LogP contribution is -2.42. The highest BCUT2D eigenvalue weighted by Crippen LogP contribution is 2.32. The van der Waals surface area contributed by atoms with Crippen LogP contribution in [-0.4, -0.2) is 18.9 Å². The minimum absolute atomic E-state index is 0.323. The van der Waals surface area contributed by atoms with Gasteiger partial charge in [0.15, 0.2) is 0 Å². The quantitative estimate of drug-likeness (QED) is 0.526. The van der Waals surface area contributed by atoms with E-state index in [0.717, 1.165) is 17.0 Å². The molecular formula is C24H20N2O3. The normalized spacial score (nSPS) is 14.7. The molecular weight excluding hydrogens is 364 g/mol. The SMILES string of the molecule is COc1ccc(N/C=C2\C(=O)N(c3ccc(C)cc3)C(=O)c3ccccc32)cc1. The molecule has 0 saturated carbocycles. The van der Waals surface area contributed by atoms with Gasteiger partial charge in [0.05, 0.1) is 18.4 Å². The molecule has 144 valence electrons. The molecule has 1 aliphatic heterocycles. The molecule has 3 aromatic carbocycles. The third-order valence-electron chi connectivity index (χ3n) is 4.85. The number of carbonyl (C=O) groups is 2. The Morgan fingerprint density at radius 3 is 2.14 bits per heavy atom. The van der Waals surface area contributed by atoms with Crippen molar-refractivity contribution >= 4 is 28.8 Å². The van der Waals surface area contributed by atoms with Crippen LogP contribution < -0.4 is 15.0 Å². The summed E-state index contributed by atoms with van der Waals surface area (Å²) in [4.78, 5) is 27.6. The third kappa shape index (κ3) is 3.50. The smallest absolute Gasteiger partial charge is 0.267 e. The molecule has 5 nitrogen and oxygen atoms in total. The van der Waals surface area contributed by atoms with Gasteiger partial charge in [-0.1, -0.05) is 35.9 Å². The average molecular weight is 384 g/mol. The summed E-state index contributed by atoms with van der Waals surface area (Å²) in [5, 5.41) is 3.16. The van der Waals surface area contributed by atoms with Gasteiger partial charge in [-0.05, 0) is 49.4 Å². The standard InChI is InChI=1S/C24H20N2O3/c1-16-7-11-18(12-8-16)26-23(27)21-6-4-3-5-20(21)22(24(26)28)15-25-17-9-13-19(29-2)14-10-17/h3-15,25H,1-2H3/b22-15-. The van der Waals surface area contributed by atoms with Crippen LogP contribution in [0.4, 0.5) is 11.4 Å². The molecule has 0 unspecified atom stereocenters. The Hall–Kier alpha value is -3.86. The molecule has 0 atom stereocenters. The van der Waals surface area contributed by atoms with Crippen molar-refractivity contribution in [3.05, 3.63) is 95.7 Å². The number of imide groups is 1. The molecule has 4 rings (SSSR count). The number of hydrogen-bond donors (Lipinski definition) is 1. The molecule has 5 heteroatoms. The van der Waals surface area contributed by atoms with Crippen LogP contribution in [0.1, 0.15) is 21.5 Å². The zero-order valence-electron chi connectivity index (χ0n) is 16.2. The number of nitrogens with zero attached hydrogens (tertiary/aromatic N) is 1. The number of ether oxygens (including phenoxy) is 1. The number of methoxy groups -OCH3 is 1. The van der Waals surface area contributed by atoms with E-state index in [2.05, 4.69) is 5.32 Å². The summed E-state index contributed by atoms with van der Waals surface area (Å²) in [7, 11) is 1.61. The summed E-state index contributed by atoms with van der Waals surface area (Å²) < 4.78 is 5.17. The highest BCUT2D eigenvalue weighted by molar-refractivity contribution is 6.41. The number of benzene rings is 3. The van der Waals surface area contributed by atoms with Gasteiger partial charge in [-0.25, -0.2) is 4.90 Å². The first-order valence-electron chi connectivity index (χ1n) is 9.24. The molecule has 0 spiro atoms. The van der Waals surface area contributed by atoms with Gasteiger partial charge < -0.3 is 10.1 Å². The Morgan fingerprint density at radius 1 is 0.828 bits per heavy atom. The summed E-state index contributed by atoms with van der Waals surface area (Å²) in [6.45, 7) is 1.96. The van der Waals surface area contributed by atoms with Crippen molar-refractivity contribution in [2.75, 3.05) is 17.3 Å². The number of carbonyl (C=O) groups excluding carboxylic acids is 2. The van der Waals surface area contributed by atoms with Gasteiger partial charge in [0, 0.05) is 23.0 Å². The number of rotatable bonds is 4. The van der Waals surface area contributed by atoms with E-state index >= 15 is 0 Å². The monoisotopic (exact) mass is 384 g/mol. The fourth-order valence-electron chi connectivity index (χ4n) is 3.26. The predicted molar refractivity (Wildman–Crippen MR) is 114 cm³/mol. The van der Waals surface area contributed by atoms with Gasteiger partial charge in [0.2, 0.25) is 0 Å². The van der Waals surface area contributed by atoms with Gasteiger partial charge in [-0.2, -0.15) is 0 Å². The lowest BCUT2D eigenvalue weighted by Gasteiger charge is -2.28. The largest absolute Gasteiger partial charge is 0.497 e. The molecule has 0 aliphatic carbocycles. The highest BCUT2D eigenvalue weighted by Gasteiger charge is 2.35. The minimum atomic E-state index is -0.362. The van der Waals surface area contributed by atoms with Gasteiger partial charge in [0.1, 0.15) is 5.75 Å². The highest BCUT2D eigenvalue weighted by atomic mass is 16.5. The molecule has 29 heavy (non-hydrogen) atoms. The van der Waals surface area contributed by atoms with Crippen molar-refractivity contribution in [3.63, 3.8) is 0 Å². The molecule has 2 amide bonds. The van der Waals surface area contributed by atoms with E-state index in [1.807, 2.05) is 49.4 Å². The van der Waals surface area contributed by atoms with Crippen molar-refractivity contribution in [2.45, 2.75) is 6.92 Å².